The average molecular weight is 276 g/mol. The van der Waals surface area contributed by atoms with Crippen molar-refractivity contribution in [3.05, 3.63) is 11.6 Å². The van der Waals surface area contributed by atoms with Crippen LogP contribution in [0.1, 0.15) is 33.1 Å². The number of carbonyl (C=O) groups is 1. The molecule has 0 aromatic rings. The molecule has 0 rings (SSSR count). The summed E-state index contributed by atoms with van der Waals surface area (Å²) in [6.07, 6.45) is 4.08. The normalized spacial score (nSPS) is 14.6. The first-order chi connectivity index (χ1) is 8.47. The Kier molecular flexibility index (Phi) is 8.09. The van der Waals surface area contributed by atoms with E-state index >= 15 is 0 Å². The van der Waals surface area contributed by atoms with Crippen LogP contribution in [0.5, 0.6) is 0 Å². The molecule has 0 heterocycles. The maximum atomic E-state index is 10.7. The van der Waals surface area contributed by atoms with Crippen LogP contribution in [0.25, 0.3) is 0 Å². The van der Waals surface area contributed by atoms with Gasteiger partial charge in [-0.1, -0.05) is 13.0 Å². The molecule has 0 aromatic heterocycles. The van der Waals surface area contributed by atoms with Gasteiger partial charge in [-0.2, -0.15) is 0 Å². The van der Waals surface area contributed by atoms with Gasteiger partial charge in [-0.3, -0.25) is 0 Å². The van der Waals surface area contributed by atoms with Gasteiger partial charge in [0.25, 0.3) is 0 Å². The van der Waals surface area contributed by atoms with Gasteiger partial charge in [0.1, 0.15) is 0 Å². The largest absolute Gasteiger partial charge is 0.503 e. The van der Waals surface area contributed by atoms with Crippen molar-refractivity contribution in [2.75, 3.05) is 21.3 Å². The van der Waals surface area contributed by atoms with Gasteiger partial charge in [0, 0.05) is 32.4 Å². The van der Waals surface area contributed by atoms with E-state index in [9.17, 15) is 4.79 Å². The Hall–Kier alpha value is -0.693. The van der Waals surface area contributed by atoms with E-state index in [4.69, 9.17) is 18.4 Å². The molecular weight excluding hydrogens is 252 g/mol. The van der Waals surface area contributed by atoms with Gasteiger partial charge in [-0.05, 0) is 26.2 Å². The number of rotatable bonds is 9. The van der Waals surface area contributed by atoms with E-state index in [2.05, 4.69) is 6.92 Å². The highest BCUT2D eigenvalue weighted by atomic mass is 28.4. The standard InChI is InChI=1S/C12H24O5Si/c1-6-11(18(15-3,16-4)17-5)9-7-8-10(2)12(13)14/h8,11H,6-7,9H2,1-5H3,(H,13,14)/b10-8+. The lowest BCUT2D eigenvalue weighted by Crippen LogP contribution is -2.47. The fraction of sp³-hybridized carbons (Fsp3) is 0.750. The lowest BCUT2D eigenvalue weighted by atomic mass is 10.1. The third kappa shape index (κ3) is 4.53. The maximum Gasteiger partial charge on any atom is 0.503 e. The van der Waals surface area contributed by atoms with Gasteiger partial charge < -0.3 is 18.4 Å². The zero-order valence-electron chi connectivity index (χ0n) is 11.9. The molecule has 6 heteroatoms. The molecular formula is C12H24O5Si. The third-order valence-electron chi connectivity index (χ3n) is 3.15. The Balaban J connectivity index is 4.60. The van der Waals surface area contributed by atoms with Gasteiger partial charge in [-0.15, -0.1) is 0 Å². The summed E-state index contributed by atoms with van der Waals surface area (Å²) in [5, 5.41) is 8.77. The van der Waals surface area contributed by atoms with E-state index in [-0.39, 0.29) is 5.54 Å². The minimum atomic E-state index is -2.62. The zero-order valence-corrected chi connectivity index (χ0v) is 12.9. The highest BCUT2D eigenvalue weighted by Gasteiger charge is 2.45. The van der Waals surface area contributed by atoms with Crippen LogP contribution >= 0.6 is 0 Å². The third-order valence-corrected chi connectivity index (χ3v) is 6.55. The van der Waals surface area contributed by atoms with Gasteiger partial charge in [-0.25, -0.2) is 4.79 Å². The van der Waals surface area contributed by atoms with Crippen LogP contribution in [0, 0.1) is 0 Å². The molecule has 1 unspecified atom stereocenters. The summed E-state index contributed by atoms with van der Waals surface area (Å²) in [7, 11) is 2.17. The lowest BCUT2D eigenvalue weighted by molar-refractivity contribution is -0.132. The molecule has 0 aliphatic rings. The quantitative estimate of drug-likeness (QED) is 0.517. The van der Waals surface area contributed by atoms with E-state index in [1.807, 2.05) is 0 Å². The van der Waals surface area contributed by atoms with Crippen molar-refractivity contribution in [1.82, 2.24) is 0 Å². The van der Waals surface area contributed by atoms with Crippen LogP contribution in [0.3, 0.4) is 0 Å². The Bertz CT molecular complexity index is 278. The molecule has 0 spiro atoms. The molecule has 0 saturated carbocycles. The van der Waals surface area contributed by atoms with Crippen LogP contribution in [0.15, 0.2) is 11.6 Å². The number of carboxylic acids is 1. The summed E-state index contributed by atoms with van der Waals surface area (Å²) in [6.45, 7) is 3.65. The van der Waals surface area contributed by atoms with Gasteiger partial charge >= 0.3 is 14.8 Å². The zero-order chi connectivity index (χ0) is 14.2. The summed E-state index contributed by atoms with van der Waals surface area (Å²) in [4.78, 5) is 10.7. The van der Waals surface area contributed by atoms with Crippen LogP contribution in [-0.4, -0.2) is 41.2 Å². The van der Waals surface area contributed by atoms with Crippen molar-refractivity contribution in [2.24, 2.45) is 0 Å². The van der Waals surface area contributed by atoms with Gasteiger partial charge in [0.15, 0.2) is 0 Å². The van der Waals surface area contributed by atoms with Crippen LogP contribution in [0.4, 0.5) is 0 Å². The second kappa shape index (κ2) is 8.42. The Morgan fingerprint density at radius 1 is 1.28 bits per heavy atom. The summed E-state index contributed by atoms with van der Waals surface area (Å²) in [5.41, 5.74) is 0.541. The van der Waals surface area contributed by atoms with Crippen molar-refractivity contribution >= 4 is 14.8 Å². The molecule has 0 aliphatic carbocycles. The summed E-state index contributed by atoms with van der Waals surface area (Å²) < 4.78 is 16.4. The van der Waals surface area contributed by atoms with Gasteiger partial charge in [0.2, 0.25) is 0 Å². The molecule has 0 aliphatic heterocycles. The number of carboxylic acid groups (broad SMARTS) is 1. The van der Waals surface area contributed by atoms with E-state index < -0.39 is 14.8 Å². The number of hydrogen-bond donors (Lipinski definition) is 1. The van der Waals surface area contributed by atoms with Crippen molar-refractivity contribution < 1.29 is 23.2 Å². The summed E-state index contributed by atoms with van der Waals surface area (Å²) in [6, 6.07) is 0. The molecule has 1 atom stereocenters. The second-order valence-electron chi connectivity index (χ2n) is 4.09. The van der Waals surface area contributed by atoms with E-state index in [1.54, 1.807) is 34.3 Å². The van der Waals surface area contributed by atoms with Crippen molar-refractivity contribution in [2.45, 2.75) is 38.7 Å². The summed E-state index contributed by atoms with van der Waals surface area (Å²) >= 11 is 0. The lowest BCUT2D eigenvalue weighted by Gasteiger charge is -2.31. The SMILES string of the molecule is CCC(CC/C=C(\C)C(=O)O)[Si](OC)(OC)OC. The predicted molar refractivity (Wildman–Crippen MR) is 71.4 cm³/mol. The first-order valence-corrected chi connectivity index (χ1v) is 7.83. The molecule has 5 nitrogen and oxygen atoms in total. The first-order valence-electron chi connectivity index (χ1n) is 6.02. The molecule has 106 valence electrons. The molecule has 0 radical (unpaired) electrons. The van der Waals surface area contributed by atoms with Crippen LogP contribution < -0.4 is 0 Å². The minimum absolute atomic E-state index is 0.176. The molecule has 0 saturated heterocycles. The van der Waals surface area contributed by atoms with E-state index in [0.717, 1.165) is 12.8 Å². The smallest absolute Gasteiger partial charge is 0.478 e. The predicted octanol–water partition coefficient (Wildman–Crippen LogP) is 2.46. The highest BCUT2D eigenvalue weighted by molar-refractivity contribution is 6.62. The summed E-state index contributed by atoms with van der Waals surface area (Å²) in [5.74, 6) is -0.878. The highest BCUT2D eigenvalue weighted by Crippen LogP contribution is 2.32. The fourth-order valence-electron chi connectivity index (χ4n) is 1.97. The molecule has 0 amide bonds. The Labute approximate surface area is 110 Å². The number of hydrogen-bond acceptors (Lipinski definition) is 4. The fourth-order valence-corrected chi connectivity index (χ4v) is 4.49. The molecule has 0 fully saturated rings. The maximum absolute atomic E-state index is 10.7. The Morgan fingerprint density at radius 3 is 2.11 bits per heavy atom. The monoisotopic (exact) mass is 276 g/mol. The van der Waals surface area contributed by atoms with Crippen LogP contribution in [-0.2, 0) is 18.1 Å². The van der Waals surface area contributed by atoms with Crippen molar-refractivity contribution in [1.29, 1.82) is 0 Å². The van der Waals surface area contributed by atoms with Crippen molar-refractivity contribution in [3.63, 3.8) is 0 Å². The van der Waals surface area contributed by atoms with E-state index in [0.29, 0.717) is 12.0 Å². The van der Waals surface area contributed by atoms with Crippen LogP contribution in [0.2, 0.25) is 5.54 Å². The molecule has 0 aromatic carbocycles. The Morgan fingerprint density at radius 2 is 1.78 bits per heavy atom. The number of allylic oxidation sites excluding steroid dienone is 1. The first kappa shape index (κ1) is 17.3. The molecule has 0 bridgehead atoms. The second-order valence-corrected chi connectivity index (χ2v) is 7.34. The molecule has 1 N–H and O–H groups in total. The van der Waals surface area contributed by atoms with Crippen molar-refractivity contribution in [3.8, 4) is 0 Å². The van der Waals surface area contributed by atoms with E-state index in [1.165, 1.54) is 0 Å². The average Bonchev–Trinajstić information content (AvgIpc) is 2.38. The minimum Gasteiger partial charge on any atom is -0.478 e. The topological polar surface area (TPSA) is 65.0 Å². The number of aliphatic carboxylic acids is 1. The van der Waals surface area contributed by atoms with Gasteiger partial charge in [0.05, 0.1) is 0 Å². The molecule has 18 heavy (non-hydrogen) atoms.